The molecule has 1 aliphatic carbocycles. The third-order valence-electron chi connectivity index (χ3n) is 3.19. The molecule has 6 heteroatoms. The Hall–Kier alpha value is -1.85. The van der Waals surface area contributed by atoms with Crippen molar-refractivity contribution in [2.75, 3.05) is 0 Å². The van der Waals surface area contributed by atoms with Crippen LogP contribution in [0.25, 0.3) is 5.69 Å². The molecule has 104 valence electrons. The van der Waals surface area contributed by atoms with Gasteiger partial charge in [0, 0.05) is 23.7 Å². The lowest BCUT2D eigenvalue weighted by Crippen LogP contribution is -2.24. The lowest BCUT2D eigenvalue weighted by atomic mass is 10.3. The van der Waals surface area contributed by atoms with Gasteiger partial charge in [-0.2, -0.15) is 9.78 Å². The Morgan fingerprint density at radius 1 is 1.35 bits per heavy atom. The van der Waals surface area contributed by atoms with Gasteiger partial charge in [-0.05, 0) is 37.1 Å². The van der Waals surface area contributed by atoms with Crippen LogP contribution in [0.1, 0.15) is 18.5 Å². The topological polar surface area (TPSA) is 67.2 Å². The van der Waals surface area contributed by atoms with Gasteiger partial charge in [-0.3, -0.25) is 4.79 Å². The van der Waals surface area contributed by atoms with E-state index in [-0.39, 0.29) is 11.3 Å². The van der Waals surface area contributed by atoms with Crippen LogP contribution >= 0.6 is 11.6 Å². The van der Waals surface area contributed by atoms with Crippen molar-refractivity contribution in [3.05, 3.63) is 51.4 Å². The molecule has 0 spiro atoms. The molecule has 0 atom stereocenters. The zero-order chi connectivity index (χ0) is 14.1. The average molecular weight is 292 g/mol. The monoisotopic (exact) mass is 291 g/mol. The number of halogens is 1. The number of benzene rings is 1. The van der Waals surface area contributed by atoms with Crippen LogP contribution in [-0.4, -0.2) is 20.9 Å². The fourth-order valence-electron chi connectivity index (χ4n) is 1.90. The molecular weight excluding hydrogens is 278 g/mol. The van der Waals surface area contributed by atoms with Crippen molar-refractivity contribution in [3.8, 4) is 11.4 Å². The summed E-state index contributed by atoms with van der Waals surface area (Å²) >= 11 is 5.83. The van der Waals surface area contributed by atoms with Crippen molar-refractivity contribution < 1.29 is 5.11 Å². The van der Waals surface area contributed by atoms with Crippen molar-refractivity contribution >= 4 is 11.6 Å². The van der Waals surface area contributed by atoms with E-state index in [1.807, 2.05) is 0 Å². The molecule has 5 nitrogen and oxygen atoms in total. The quantitative estimate of drug-likeness (QED) is 0.902. The van der Waals surface area contributed by atoms with Crippen molar-refractivity contribution in [1.82, 2.24) is 15.1 Å². The molecule has 1 aliphatic rings. The molecule has 20 heavy (non-hydrogen) atoms. The molecule has 0 bridgehead atoms. The highest BCUT2D eigenvalue weighted by atomic mass is 35.5. The van der Waals surface area contributed by atoms with Gasteiger partial charge in [-0.25, -0.2) is 0 Å². The van der Waals surface area contributed by atoms with Gasteiger partial charge < -0.3 is 10.4 Å². The summed E-state index contributed by atoms with van der Waals surface area (Å²) in [6, 6.07) is 8.51. The number of aromatic hydroxyl groups is 1. The molecule has 1 aromatic heterocycles. The molecule has 0 radical (unpaired) electrons. The van der Waals surface area contributed by atoms with Crippen LogP contribution in [-0.2, 0) is 6.54 Å². The maximum absolute atomic E-state index is 11.9. The minimum Gasteiger partial charge on any atom is -0.506 e. The Balaban J connectivity index is 1.94. The normalized spacial score (nSPS) is 14.4. The highest BCUT2D eigenvalue weighted by Gasteiger charge is 2.21. The molecule has 0 saturated heterocycles. The maximum atomic E-state index is 11.9. The van der Waals surface area contributed by atoms with E-state index in [0.29, 0.717) is 29.0 Å². The van der Waals surface area contributed by atoms with Crippen molar-refractivity contribution in [3.63, 3.8) is 0 Å². The second kappa shape index (κ2) is 5.26. The summed E-state index contributed by atoms with van der Waals surface area (Å²) in [4.78, 5) is 11.9. The van der Waals surface area contributed by atoms with Crippen LogP contribution in [0, 0.1) is 0 Å². The molecular formula is C14H14ClN3O2. The highest BCUT2D eigenvalue weighted by Crippen LogP contribution is 2.20. The minimum absolute atomic E-state index is 0.0756. The van der Waals surface area contributed by atoms with Crippen molar-refractivity contribution in [2.45, 2.75) is 25.4 Å². The number of hydrogen-bond donors (Lipinski definition) is 2. The maximum Gasteiger partial charge on any atom is 0.275 e. The summed E-state index contributed by atoms with van der Waals surface area (Å²) < 4.78 is 1.26. The van der Waals surface area contributed by atoms with E-state index in [2.05, 4.69) is 10.4 Å². The van der Waals surface area contributed by atoms with Gasteiger partial charge in [-0.1, -0.05) is 11.6 Å². The van der Waals surface area contributed by atoms with Crippen LogP contribution in [0.2, 0.25) is 5.02 Å². The van der Waals surface area contributed by atoms with Gasteiger partial charge in [0.05, 0.1) is 5.69 Å². The van der Waals surface area contributed by atoms with Crippen LogP contribution in [0.4, 0.5) is 0 Å². The SMILES string of the molecule is O=c1cc(O)c(CNC2CC2)nn1-c1ccc(Cl)cc1. The van der Waals surface area contributed by atoms with E-state index < -0.39 is 0 Å². The van der Waals surface area contributed by atoms with Gasteiger partial charge in [0.15, 0.2) is 0 Å². The molecule has 0 aliphatic heterocycles. The van der Waals surface area contributed by atoms with Crippen molar-refractivity contribution in [1.29, 1.82) is 0 Å². The molecule has 1 aromatic carbocycles. The summed E-state index contributed by atoms with van der Waals surface area (Å²) in [6.07, 6.45) is 2.30. The summed E-state index contributed by atoms with van der Waals surface area (Å²) in [5.41, 5.74) is 0.707. The highest BCUT2D eigenvalue weighted by molar-refractivity contribution is 6.30. The Morgan fingerprint density at radius 2 is 2.05 bits per heavy atom. The molecule has 1 saturated carbocycles. The molecule has 0 amide bonds. The van der Waals surface area contributed by atoms with Crippen LogP contribution in [0.3, 0.4) is 0 Å². The largest absolute Gasteiger partial charge is 0.506 e. The predicted molar refractivity (Wildman–Crippen MR) is 76.4 cm³/mol. The minimum atomic E-state index is -0.375. The fourth-order valence-corrected chi connectivity index (χ4v) is 2.03. The number of hydrogen-bond acceptors (Lipinski definition) is 4. The number of nitrogens with one attached hydrogen (secondary N) is 1. The van der Waals surface area contributed by atoms with Crippen molar-refractivity contribution in [2.24, 2.45) is 0 Å². The summed E-state index contributed by atoms with van der Waals surface area (Å²) in [5, 5.41) is 17.9. The molecule has 2 aromatic rings. The van der Waals surface area contributed by atoms with E-state index in [1.165, 1.54) is 10.7 Å². The zero-order valence-electron chi connectivity index (χ0n) is 10.7. The molecule has 3 rings (SSSR count). The van der Waals surface area contributed by atoms with E-state index in [9.17, 15) is 9.90 Å². The first-order valence-electron chi connectivity index (χ1n) is 6.45. The van der Waals surface area contributed by atoms with E-state index in [1.54, 1.807) is 24.3 Å². The summed E-state index contributed by atoms with van der Waals surface area (Å²) in [6.45, 7) is 0.449. The average Bonchev–Trinajstić information content (AvgIpc) is 3.23. The Morgan fingerprint density at radius 3 is 2.70 bits per heavy atom. The van der Waals surface area contributed by atoms with Crippen LogP contribution in [0.5, 0.6) is 5.75 Å². The van der Waals surface area contributed by atoms with Gasteiger partial charge in [0.2, 0.25) is 0 Å². The van der Waals surface area contributed by atoms with Gasteiger partial charge >= 0.3 is 0 Å². The lowest BCUT2D eigenvalue weighted by Gasteiger charge is -2.09. The summed E-state index contributed by atoms with van der Waals surface area (Å²) in [5.74, 6) is -0.0756. The predicted octanol–water partition coefficient (Wildman–Crippen LogP) is 1.84. The van der Waals surface area contributed by atoms with Crippen LogP contribution in [0.15, 0.2) is 35.1 Å². The number of rotatable bonds is 4. The van der Waals surface area contributed by atoms with Gasteiger partial charge in [0.1, 0.15) is 11.4 Å². The first-order valence-corrected chi connectivity index (χ1v) is 6.83. The lowest BCUT2D eigenvalue weighted by molar-refractivity contribution is 0.451. The zero-order valence-corrected chi connectivity index (χ0v) is 11.5. The third kappa shape index (κ3) is 2.84. The Kier molecular flexibility index (Phi) is 3.46. The summed E-state index contributed by atoms with van der Waals surface area (Å²) in [7, 11) is 0. The first-order chi connectivity index (χ1) is 9.63. The number of nitrogens with zero attached hydrogens (tertiary/aromatic N) is 2. The molecule has 1 heterocycles. The smallest absolute Gasteiger partial charge is 0.275 e. The second-order valence-electron chi connectivity index (χ2n) is 4.86. The van der Waals surface area contributed by atoms with Crippen LogP contribution < -0.4 is 10.9 Å². The van der Waals surface area contributed by atoms with E-state index >= 15 is 0 Å². The van der Waals surface area contributed by atoms with E-state index in [0.717, 1.165) is 12.8 Å². The van der Waals surface area contributed by atoms with Gasteiger partial charge in [-0.15, -0.1) is 0 Å². The van der Waals surface area contributed by atoms with Gasteiger partial charge in [0.25, 0.3) is 5.56 Å². The fraction of sp³-hybridized carbons (Fsp3) is 0.286. The second-order valence-corrected chi connectivity index (χ2v) is 5.29. The molecule has 0 unspecified atom stereocenters. The molecule has 2 N–H and O–H groups in total. The Bertz CT molecular complexity index is 678. The standard InChI is InChI=1S/C14H14ClN3O2/c15-9-1-5-11(6-2-9)18-14(20)7-13(19)12(17-18)8-16-10-3-4-10/h1-2,5-7,10,16,19H,3-4,8H2. The molecule has 1 fully saturated rings. The first kappa shape index (κ1) is 13.1. The third-order valence-corrected chi connectivity index (χ3v) is 3.44. The number of aromatic nitrogens is 2. The van der Waals surface area contributed by atoms with E-state index in [4.69, 9.17) is 11.6 Å². The Labute approximate surface area is 120 Å².